The van der Waals surface area contributed by atoms with Gasteiger partial charge in [-0.05, 0) is 43.9 Å². The second-order valence-electron chi connectivity index (χ2n) is 5.26. The molecule has 1 atom stereocenters. The maximum Gasteiger partial charge on any atom is 0.126 e. The molecule has 0 aromatic heterocycles. The number of nitrogens with zero attached hydrogens (tertiary/aromatic N) is 1. The minimum absolute atomic E-state index is 0.103. The first kappa shape index (κ1) is 13.5. The third-order valence-corrected chi connectivity index (χ3v) is 3.85. The van der Waals surface area contributed by atoms with Gasteiger partial charge in [0.1, 0.15) is 5.82 Å². The van der Waals surface area contributed by atoms with Crippen molar-refractivity contribution >= 4 is 0 Å². The average Bonchev–Trinajstić information content (AvgIpc) is 2.41. The molecule has 0 bridgehead atoms. The normalized spacial score (nSPS) is 18.8. The first-order valence-electron chi connectivity index (χ1n) is 6.86. The summed E-state index contributed by atoms with van der Waals surface area (Å²) in [5.41, 5.74) is 2.00. The van der Waals surface area contributed by atoms with E-state index in [0.29, 0.717) is 6.04 Å². The summed E-state index contributed by atoms with van der Waals surface area (Å²) in [6.45, 7) is 8.60. The van der Waals surface area contributed by atoms with Crippen molar-refractivity contribution in [3.63, 3.8) is 0 Å². The van der Waals surface area contributed by atoms with Crippen LogP contribution in [0.1, 0.15) is 24.5 Å². The Labute approximate surface area is 109 Å². The van der Waals surface area contributed by atoms with Crippen molar-refractivity contribution in [2.75, 3.05) is 26.2 Å². The molecular weight excluding hydrogens is 227 g/mol. The Bertz CT molecular complexity index is 386. The van der Waals surface area contributed by atoms with Crippen LogP contribution in [0.3, 0.4) is 0 Å². The molecule has 1 aromatic rings. The third-order valence-electron chi connectivity index (χ3n) is 3.85. The Hall–Kier alpha value is -0.930. The van der Waals surface area contributed by atoms with E-state index in [9.17, 15) is 4.39 Å². The van der Waals surface area contributed by atoms with Gasteiger partial charge in [-0.25, -0.2) is 4.39 Å². The molecule has 1 N–H and O–H groups in total. The summed E-state index contributed by atoms with van der Waals surface area (Å²) in [5.74, 6) is -0.103. The summed E-state index contributed by atoms with van der Waals surface area (Å²) in [7, 11) is 0. The summed E-state index contributed by atoms with van der Waals surface area (Å²) < 4.78 is 13.2. The van der Waals surface area contributed by atoms with Gasteiger partial charge in [0.15, 0.2) is 0 Å². The lowest BCUT2D eigenvalue weighted by Crippen LogP contribution is -2.47. The van der Waals surface area contributed by atoms with Gasteiger partial charge in [-0.3, -0.25) is 4.90 Å². The number of piperazine rings is 1. The van der Waals surface area contributed by atoms with Gasteiger partial charge in [-0.1, -0.05) is 12.1 Å². The Morgan fingerprint density at radius 2 is 2.06 bits per heavy atom. The molecule has 100 valence electrons. The summed E-state index contributed by atoms with van der Waals surface area (Å²) in [6.07, 6.45) is 2.18. The number of hydrogen-bond acceptors (Lipinski definition) is 2. The van der Waals surface area contributed by atoms with Gasteiger partial charge in [0.25, 0.3) is 0 Å². The molecule has 1 unspecified atom stereocenters. The number of halogens is 1. The summed E-state index contributed by atoms with van der Waals surface area (Å²) in [6, 6.07) is 6.07. The smallest absolute Gasteiger partial charge is 0.126 e. The molecule has 1 aliphatic heterocycles. The predicted octanol–water partition coefficient (Wildman–Crippen LogP) is 2.36. The fourth-order valence-electron chi connectivity index (χ4n) is 2.54. The molecular formula is C15H23FN2. The van der Waals surface area contributed by atoms with Gasteiger partial charge < -0.3 is 5.32 Å². The summed E-state index contributed by atoms with van der Waals surface area (Å²) in [5, 5.41) is 3.37. The number of benzene rings is 1. The molecule has 0 aliphatic carbocycles. The van der Waals surface area contributed by atoms with Crippen molar-refractivity contribution in [2.24, 2.45) is 0 Å². The van der Waals surface area contributed by atoms with E-state index in [-0.39, 0.29) is 5.82 Å². The van der Waals surface area contributed by atoms with Crippen molar-refractivity contribution in [1.29, 1.82) is 0 Å². The Balaban J connectivity index is 1.84. The van der Waals surface area contributed by atoms with Crippen molar-refractivity contribution in [3.05, 3.63) is 35.1 Å². The Morgan fingerprint density at radius 3 is 2.72 bits per heavy atom. The molecule has 0 amide bonds. The third kappa shape index (κ3) is 3.53. The highest BCUT2D eigenvalue weighted by atomic mass is 19.1. The molecule has 3 heteroatoms. The van der Waals surface area contributed by atoms with E-state index in [1.54, 1.807) is 6.07 Å². The van der Waals surface area contributed by atoms with Gasteiger partial charge in [0, 0.05) is 32.2 Å². The van der Waals surface area contributed by atoms with Gasteiger partial charge in [-0.15, -0.1) is 0 Å². The van der Waals surface area contributed by atoms with Crippen LogP contribution >= 0.6 is 0 Å². The maximum atomic E-state index is 13.2. The van der Waals surface area contributed by atoms with Crippen molar-refractivity contribution in [2.45, 2.75) is 32.7 Å². The highest BCUT2D eigenvalue weighted by Gasteiger charge is 2.15. The number of nitrogens with one attached hydrogen (secondary N) is 1. The number of aryl methyl sites for hydroxylation is 2. The average molecular weight is 250 g/mol. The molecule has 18 heavy (non-hydrogen) atoms. The van der Waals surface area contributed by atoms with Crippen LogP contribution in [-0.4, -0.2) is 37.1 Å². The largest absolute Gasteiger partial charge is 0.314 e. The van der Waals surface area contributed by atoms with E-state index < -0.39 is 0 Å². The van der Waals surface area contributed by atoms with Crippen LogP contribution in [0.5, 0.6) is 0 Å². The molecule has 0 radical (unpaired) electrons. The van der Waals surface area contributed by atoms with Crippen LogP contribution in [0.4, 0.5) is 4.39 Å². The zero-order valence-corrected chi connectivity index (χ0v) is 11.4. The van der Waals surface area contributed by atoms with Crippen molar-refractivity contribution in [3.8, 4) is 0 Å². The van der Waals surface area contributed by atoms with Crippen LogP contribution in [0, 0.1) is 12.7 Å². The molecule has 1 fully saturated rings. The van der Waals surface area contributed by atoms with Gasteiger partial charge in [0.2, 0.25) is 0 Å². The molecule has 1 saturated heterocycles. The van der Waals surface area contributed by atoms with Gasteiger partial charge in [-0.2, -0.15) is 0 Å². The molecule has 1 aromatic carbocycles. The molecule has 1 heterocycles. The zero-order chi connectivity index (χ0) is 13.0. The number of rotatable bonds is 4. The van der Waals surface area contributed by atoms with Crippen LogP contribution in [-0.2, 0) is 6.42 Å². The highest BCUT2D eigenvalue weighted by Crippen LogP contribution is 2.14. The van der Waals surface area contributed by atoms with E-state index in [0.717, 1.165) is 44.6 Å². The standard InChI is InChI=1S/C15H23FN2/c1-12-11-14(5-6-15(12)16)4-3-13(2)18-9-7-17-8-10-18/h5-6,11,13,17H,3-4,7-10H2,1-2H3. The van der Waals surface area contributed by atoms with Crippen molar-refractivity contribution < 1.29 is 4.39 Å². The minimum Gasteiger partial charge on any atom is -0.314 e. The van der Waals surface area contributed by atoms with Crippen LogP contribution in [0.25, 0.3) is 0 Å². The molecule has 1 aliphatic rings. The Morgan fingerprint density at radius 1 is 1.33 bits per heavy atom. The topological polar surface area (TPSA) is 15.3 Å². The maximum absolute atomic E-state index is 13.2. The first-order chi connectivity index (χ1) is 8.66. The van der Waals surface area contributed by atoms with Gasteiger partial charge >= 0.3 is 0 Å². The first-order valence-corrected chi connectivity index (χ1v) is 6.86. The predicted molar refractivity (Wildman–Crippen MR) is 73.4 cm³/mol. The van der Waals surface area contributed by atoms with E-state index in [1.165, 1.54) is 5.56 Å². The van der Waals surface area contributed by atoms with Gasteiger partial charge in [0.05, 0.1) is 0 Å². The lowest BCUT2D eigenvalue weighted by molar-refractivity contribution is 0.177. The fraction of sp³-hybridized carbons (Fsp3) is 0.600. The van der Waals surface area contributed by atoms with Crippen LogP contribution in [0.15, 0.2) is 18.2 Å². The van der Waals surface area contributed by atoms with E-state index in [4.69, 9.17) is 0 Å². The molecule has 2 rings (SSSR count). The summed E-state index contributed by atoms with van der Waals surface area (Å²) in [4.78, 5) is 2.53. The second kappa shape index (κ2) is 6.30. The monoisotopic (exact) mass is 250 g/mol. The van der Waals surface area contributed by atoms with Crippen LogP contribution in [0.2, 0.25) is 0 Å². The Kier molecular flexibility index (Phi) is 4.72. The van der Waals surface area contributed by atoms with Crippen LogP contribution < -0.4 is 5.32 Å². The lowest BCUT2D eigenvalue weighted by atomic mass is 10.0. The van der Waals surface area contributed by atoms with Crippen molar-refractivity contribution in [1.82, 2.24) is 10.2 Å². The zero-order valence-electron chi connectivity index (χ0n) is 11.4. The van der Waals surface area contributed by atoms with E-state index >= 15 is 0 Å². The SMILES string of the molecule is Cc1cc(CCC(C)N2CCNCC2)ccc1F. The molecule has 2 nitrogen and oxygen atoms in total. The lowest BCUT2D eigenvalue weighted by Gasteiger charge is -2.32. The molecule has 0 spiro atoms. The molecule has 0 saturated carbocycles. The summed E-state index contributed by atoms with van der Waals surface area (Å²) >= 11 is 0. The number of hydrogen-bond donors (Lipinski definition) is 1. The van der Waals surface area contributed by atoms with E-state index in [2.05, 4.69) is 17.1 Å². The fourth-order valence-corrected chi connectivity index (χ4v) is 2.54. The minimum atomic E-state index is -0.103. The highest BCUT2D eigenvalue weighted by molar-refractivity contribution is 5.24. The quantitative estimate of drug-likeness (QED) is 0.882. The second-order valence-corrected chi connectivity index (χ2v) is 5.26. The van der Waals surface area contributed by atoms with E-state index in [1.807, 2.05) is 19.1 Å².